The zero-order chi connectivity index (χ0) is 26.9. The molecule has 0 aliphatic rings. The lowest BCUT2D eigenvalue weighted by atomic mass is 10.1. The fourth-order valence-electron chi connectivity index (χ4n) is 3.26. The van der Waals surface area contributed by atoms with Crippen molar-refractivity contribution in [2.24, 2.45) is 5.92 Å². The van der Waals surface area contributed by atoms with Crippen LogP contribution in [0, 0.1) is 34.8 Å². The predicted octanol–water partition coefficient (Wildman–Crippen LogP) is 6.10. The van der Waals surface area contributed by atoms with E-state index in [1.165, 1.54) is 18.2 Å². The Morgan fingerprint density at radius 1 is 1.05 bits per heavy atom. The SMILES string of the molecule is CCOC(=O)C(CC(C)C)Oc1c(F)c(F)nc(Oc2cc(C#N)ccc2OCc2ccccc2)c1F. The predicted molar refractivity (Wildman–Crippen MR) is 127 cm³/mol. The van der Waals surface area contributed by atoms with Crippen LogP contribution in [-0.4, -0.2) is 23.7 Å². The first-order chi connectivity index (χ1) is 17.7. The van der Waals surface area contributed by atoms with Crippen LogP contribution < -0.4 is 14.2 Å². The molecule has 0 fully saturated rings. The van der Waals surface area contributed by atoms with E-state index >= 15 is 4.39 Å². The Hall–Kier alpha value is -4.26. The largest absolute Gasteiger partial charge is 0.485 e. The van der Waals surface area contributed by atoms with Gasteiger partial charge in [-0.25, -0.2) is 4.79 Å². The summed E-state index contributed by atoms with van der Waals surface area (Å²) in [6.45, 7) is 5.23. The lowest BCUT2D eigenvalue weighted by molar-refractivity contribution is -0.152. The fourth-order valence-corrected chi connectivity index (χ4v) is 3.26. The molecule has 1 unspecified atom stereocenters. The van der Waals surface area contributed by atoms with Crippen LogP contribution in [0.4, 0.5) is 13.2 Å². The van der Waals surface area contributed by atoms with Crippen molar-refractivity contribution < 1.29 is 36.9 Å². The zero-order valence-corrected chi connectivity index (χ0v) is 20.5. The lowest BCUT2D eigenvalue weighted by Gasteiger charge is -2.20. The molecule has 1 aromatic heterocycles. The van der Waals surface area contributed by atoms with E-state index in [0.29, 0.717) is 0 Å². The van der Waals surface area contributed by atoms with E-state index in [9.17, 15) is 18.8 Å². The number of halogens is 3. The normalized spacial score (nSPS) is 11.5. The minimum Gasteiger partial charge on any atom is -0.485 e. The zero-order valence-electron chi connectivity index (χ0n) is 20.5. The van der Waals surface area contributed by atoms with Crippen LogP contribution in [0.1, 0.15) is 38.3 Å². The molecule has 0 radical (unpaired) electrons. The number of nitriles is 1. The molecule has 194 valence electrons. The summed E-state index contributed by atoms with van der Waals surface area (Å²) in [5, 5.41) is 9.26. The third-order valence-corrected chi connectivity index (χ3v) is 4.98. The van der Waals surface area contributed by atoms with Crippen LogP contribution in [0.3, 0.4) is 0 Å². The smallest absolute Gasteiger partial charge is 0.347 e. The summed E-state index contributed by atoms with van der Waals surface area (Å²) in [6.07, 6.45) is -1.34. The Bertz CT molecular complexity index is 1280. The number of esters is 1. The molecule has 0 aliphatic heterocycles. The second kappa shape index (κ2) is 12.6. The molecule has 0 spiro atoms. The van der Waals surface area contributed by atoms with Crippen LogP contribution >= 0.6 is 0 Å². The summed E-state index contributed by atoms with van der Waals surface area (Å²) in [5.41, 5.74) is 0.960. The molecular weight excluding hydrogens is 489 g/mol. The van der Waals surface area contributed by atoms with Crippen molar-refractivity contribution >= 4 is 5.97 Å². The van der Waals surface area contributed by atoms with Crippen molar-refractivity contribution in [1.29, 1.82) is 5.26 Å². The van der Waals surface area contributed by atoms with Crippen LogP contribution in [0.25, 0.3) is 0 Å². The first-order valence-electron chi connectivity index (χ1n) is 11.5. The van der Waals surface area contributed by atoms with Crippen LogP contribution in [-0.2, 0) is 16.1 Å². The van der Waals surface area contributed by atoms with Gasteiger partial charge in [-0.1, -0.05) is 44.2 Å². The van der Waals surface area contributed by atoms with Crippen molar-refractivity contribution in [1.82, 2.24) is 4.98 Å². The van der Waals surface area contributed by atoms with E-state index in [0.717, 1.165) is 5.56 Å². The summed E-state index contributed by atoms with van der Waals surface area (Å²) in [5.74, 6) is -8.09. The van der Waals surface area contributed by atoms with Crippen molar-refractivity contribution in [3.8, 4) is 29.2 Å². The molecule has 0 saturated heterocycles. The Morgan fingerprint density at radius 2 is 1.78 bits per heavy atom. The van der Waals surface area contributed by atoms with Gasteiger partial charge in [0.05, 0.1) is 18.2 Å². The summed E-state index contributed by atoms with van der Waals surface area (Å²) in [4.78, 5) is 15.5. The van der Waals surface area contributed by atoms with Gasteiger partial charge in [-0.3, -0.25) is 0 Å². The quantitative estimate of drug-likeness (QED) is 0.226. The average Bonchev–Trinajstić information content (AvgIpc) is 2.88. The average molecular weight is 515 g/mol. The van der Waals surface area contributed by atoms with E-state index in [-0.39, 0.29) is 42.6 Å². The number of ether oxygens (including phenoxy) is 4. The van der Waals surface area contributed by atoms with Crippen molar-refractivity contribution in [3.05, 3.63) is 77.2 Å². The molecule has 1 atom stereocenters. The van der Waals surface area contributed by atoms with Crippen LogP contribution in [0.2, 0.25) is 0 Å². The van der Waals surface area contributed by atoms with Gasteiger partial charge in [-0.2, -0.15) is 23.4 Å². The van der Waals surface area contributed by atoms with Gasteiger partial charge in [0.2, 0.25) is 17.4 Å². The Balaban J connectivity index is 1.96. The second-order valence-electron chi connectivity index (χ2n) is 8.30. The number of rotatable bonds is 11. The van der Waals surface area contributed by atoms with Gasteiger partial charge in [-0.05, 0) is 37.0 Å². The number of pyridine rings is 1. The minimum absolute atomic E-state index is 0.0157. The fraction of sp³-hybridized carbons (Fsp3) is 0.296. The van der Waals surface area contributed by atoms with E-state index in [1.807, 2.05) is 36.4 Å². The van der Waals surface area contributed by atoms with Crippen molar-refractivity contribution in [2.45, 2.75) is 39.9 Å². The van der Waals surface area contributed by atoms with E-state index in [4.69, 9.17) is 18.9 Å². The summed E-state index contributed by atoms with van der Waals surface area (Å²) in [6, 6.07) is 15.1. The van der Waals surface area contributed by atoms with Gasteiger partial charge in [0.25, 0.3) is 11.8 Å². The Labute approximate surface area is 212 Å². The third kappa shape index (κ3) is 7.13. The maximum absolute atomic E-state index is 15.3. The van der Waals surface area contributed by atoms with E-state index in [1.54, 1.807) is 20.8 Å². The van der Waals surface area contributed by atoms with Crippen molar-refractivity contribution in [2.75, 3.05) is 6.61 Å². The molecular formula is C27H25F3N2O5. The van der Waals surface area contributed by atoms with E-state index in [2.05, 4.69) is 4.98 Å². The molecule has 37 heavy (non-hydrogen) atoms. The highest BCUT2D eigenvalue weighted by atomic mass is 19.2. The van der Waals surface area contributed by atoms with Gasteiger partial charge >= 0.3 is 5.97 Å². The Morgan fingerprint density at radius 3 is 2.43 bits per heavy atom. The van der Waals surface area contributed by atoms with Gasteiger partial charge in [0.15, 0.2) is 17.6 Å². The first kappa shape index (κ1) is 27.3. The number of hydrogen-bond donors (Lipinski definition) is 0. The highest BCUT2D eigenvalue weighted by molar-refractivity contribution is 5.75. The molecule has 3 aromatic rings. The third-order valence-electron chi connectivity index (χ3n) is 4.98. The monoisotopic (exact) mass is 514 g/mol. The summed E-state index contributed by atoms with van der Waals surface area (Å²) < 4.78 is 65.7. The molecule has 0 N–H and O–H groups in total. The maximum atomic E-state index is 15.3. The highest BCUT2D eigenvalue weighted by Crippen LogP contribution is 2.37. The van der Waals surface area contributed by atoms with Gasteiger partial charge in [0, 0.05) is 6.07 Å². The molecule has 3 rings (SSSR count). The van der Waals surface area contributed by atoms with Gasteiger partial charge < -0.3 is 18.9 Å². The van der Waals surface area contributed by atoms with Crippen molar-refractivity contribution in [3.63, 3.8) is 0 Å². The van der Waals surface area contributed by atoms with Gasteiger partial charge in [0.1, 0.15) is 6.61 Å². The number of nitrogens with zero attached hydrogens (tertiary/aromatic N) is 2. The topological polar surface area (TPSA) is 90.7 Å². The number of aromatic nitrogens is 1. The molecule has 0 saturated carbocycles. The number of carbonyl (C=O) groups is 1. The van der Waals surface area contributed by atoms with E-state index < -0.39 is 41.3 Å². The number of carbonyl (C=O) groups excluding carboxylic acids is 1. The first-order valence-corrected chi connectivity index (χ1v) is 11.5. The molecule has 7 nitrogen and oxygen atoms in total. The second-order valence-corrected chi connectivity index (χ2v) is 8.30. The number of hydrogen-bond acceptors (Lipinski definition) is 7. The maximum Gasteiger partial charge on any atom is 0.347 e. The lowest BCUT2D eigenvalue weighted by Crippen LogP contribution is -2.31. The van der Waals surface area contributed by atoms with Gasteiger partial charge in [-0.15, -0.1) is 0 Å². The van der Waals surface area contributed by atoms with Crippen LogP contribution in [0.5, 0.6) is 23.1 Å². The standard InChI is InChI=1S/C27H25F3N2O5/c1-4-34-27(33)21(12-16(2)3)36-24-22(28)25(30)32-26(23(24)29)37-20-13-18(14-31)10-11-19(20)35-15-17-8-6-5-7-9-17/h5-11,13,16,21H,4,12,15H2,1-3H3. The van der Waals surface area contributed by atoms with Crippen LogP contribution in [0.15, 0.2) is 48.5 Å². The number of benzene rings is 2. The molecule has 0 aliphatic carbocycles. The summed E-state index contributed by atoms with van der Waals surface area (Å²) >= 11 is 0. The minimum atomic E-state index is -1.73. The molecule has 0 bridgehead atoms. The highest BCUT2D eigenvalue weighted by Gasteiger charge is 2.30. The molecule has 0 amide bonds. The molecule has 2 aromatic carbocycles. The molecule has 1 heterocycles. The summed E-state index contributed by atoms with van der Waals surface area (Å²) in [7, 11) is 0. The Kier molecular flexibility index (Phi) is 9.33. The molecule has 10 heteroatoms.